The van der Waals surface area contributed by atoms with E-state index in [0.717, 1.165) is 0 Å². The number of nitrogens with one attached hydrogen (secondary N) is 1. The van der Waals surface area contributed by atoms with Crippen molar-refractivity contribution < 1.29 is 40.2 Å². The van der Waals surface area contributed by atoms with Gasteiger partial charge in [-0.15, -0.1) is 0 Å². The molecule has 1 aliphatic rings. The third kappa shape index (κ3) is 7.18. The van der Waals surface area contributed by atoms with Gasteiger partial charge in [-0.25, -0.2) is 4.79 Å². The number of hydrogen-bond acceptors (Lipinski definition) is 7. The summed E-state index contributed by atoms with van der Waals surface area (Å²) in [6, 6.07) is -1.02. The molecule has 0 bridgehead atoms. The molecule has 9 heteroatoms. The Morgan fingerprint density at radius 1 is 1.12 bits per heavy atom. The summed E-state index contributed by atoms with van der Waals surface area (Å²) in [6.07, 6.45) is -4.35. The second-order valence-corrected chi connectivity index (χ2v) is 7.03. The van der Waals surface area contributed by atoms with Gasteiger partial charge in [-0.05, 0) is 18.8 Å². The fraction of sp³-hybridized carbons (Fsp3) is 0.824. The quantitative estimate of drug-likeness (QED) is 0.271. The predicted octanol–water partition coefficient (Wildman–Crippen LogP) is -0.792. The van der Waals surface area contributed by atoms with Gasteiger partial charge in [-0.2, -0.15) is 0 Å². The van der Waals surface area contributed by atoms with Crippen molar-refractivity contribution in [2.75, 3.05) is 6.61 Å². The smallest absolute Gasteiger partial charge is 0.405 e. The summed E-state index contributed by atoms with van der Waals surface area (Å²) in [4.78, 5) is 11.0. The van der Waals surface area contributed by atoms with Crippen molar-refractivity contribution in [3.05, 3.63) is 12.2 Å². The summed E-state index contributed by atoms with van der Waals surface area (Å²) in [5.41, 5.74) is 0. The number of amides is 1. The lowest BCUT2D eigenvalue weighted by Crippen LogP contribution is -2.50. The molecule has 7 unspecified atom stereocenters. The normalized spacial score (nSPS) is 31.5. The fourth-order valence-corrected chi connectivity index (χ4v) is 2.68. The topological polar surface area (TPSA) is 160 Å². The summed E-state index contributed by atoms with van der Waals surface area (Å²) < 4.78 is 5.54. The van der Waals surface area contributed by atoms with Crippen molar-refractivity contribution in [3.8, 4) is 0 Å². The molecule has 0 heterocycles. The summed E-state index contributed by atoms with van der Waals surface area (Å²) in [5, 5.41) is 61.0. The molecule has 1 amide bonds. The Balaban J connectivity index is 2.73. The van der Waals surface area contributed by atoms with E-state index >= 15 is 0 Å². The first-order chi connectivity index (χ1) is 12.1. The van der Waals surface area contributed by atoms with Crippen LogP contribution in [0.5, 0.6) is 0 Å². The minimum Gasteiger partial charge on any atom is -0.465 e. The van der Waals surface area contributed by atoms with E-state index in [1.165, 1.54) is 0 Å². The van der Waals surface area contributed by atoms with Crippen LogP contribution in [0.1, 0.15) is 33.1 Å². The number of aliphatic hydroxyl groups excluding tert-OH is 5. The molecule has 0 aliphatic heterocycles. The van der Waals surface area contributed by atoms with Crippen LogP contribution in [0.3, 0.4) is 0 Å². The van der Waals surface area contributed by atoms with E-state index in [9.17, 15) is 30.3 Å². The first-order valence-electron chi connectivity index (χ1n) is 8.79. The monoisotopic (exact) mass is 377 g/mol. The Morgan fingerprint density at radius 3 is 2.31 bits per heavy atom. The molecule has 26 heavy (non-hydrogen) atoms. The molecular weight excluding hydrogens is 346 g/mol. The third-order valence-electron chi connectivity index (χ3n) is 4.55. The summed E-state index contributed by atoms with van der Waals surface area (Å²) in [6.45, 7) is 3.28. The molecule has 0 saturated carbocycles. The van der Waals surface area contributed by atoms with E-state index in [2.05, 4.69) is 5.32 Å². The maximum atomic E-state index is 11.0. The van der Waals surface area contributed by atoms with Gasteiger partial charge in [-0.3, -0.25) is 0 Å². The molecular formula is C17H31NO8. The Morgan fingerprint density at radius 2 is 1.73 bits per heavy atom. The highest BCUT2D eigenvalue weighted by molar-refractivity contribution is 5.64. The minimum absolute atomic E-state index is 0.0412. The molecule has 0 radical (unpaired) electrons. The molecule has 0 spiro atoms. The van der Waals surface area contributed by atoms with Crippen LogP contribution >= 0.6 is 0 Å². The average Bonchev–Trinajstić information content (AvgIpc) is 2.56. The highest BCUT2D eigenvalue weighted by atomic mass is 16.5. The average molecular weight is 377 g/mol. The Labute approximate surface area is 152 Å². The van der Waals surface area contributed by atoms with Gasteiger partial charge in [-0.1, -0.05) is 26.0 Å². The van der Waals surface area contributed by atoms with E-state index < -0.39 is 48.8 Å². The number of aliphatic hydroxyl groups is 5. The second kappa shape index (κ2) is 10.8. The minimum atomic E-state index is -1.40. The van der Waals surface area contributed by atoms with E-state index in [1.807, 2.05) is 0 Å². The molecule has 0 aromatic heterocycles. The van der Waals surface area contributed by atoms with Crippen LogP contribution < -0.4 is 5.32 Å². The zero-order valence-corrected chi connectivity index (χ0v) is 15.1. The number of rotatable bonds is 8. The van der Waals surface area contributed by atoms with Gasteiger partial charge >= 0.3 is 6.09 Å². The molecule has 9 nitrogen and oxygen atoms in total. The number of carbonyl (C=O) groups is 1. The molecule has 0 aromatic rings. The van der Waals surface area contributed by atoms with Crippen LogP contribution in [0.15, 0.2) is 12.2 Å². The molecule has 7 atom stereocenters. The largest absolute Gasteiger partial charge is 0.465 e. The highest BCUT2D eigenvalue weighted by Crippen LogP contribution is 2.19. The first-order valence-corrected chi connectivity index (χ1v) is 8.79. The first kappa shape index (κ1) is 22.8. The van der Waals surface area contributed by atoms with Crippen molar-refractivity contribution in [3.63, 3.8) is 0 Å². The Hall–Kier alpha value is -1.23. The van der Waals surface area contributed by atoms with E-state index in [4.69, 9.17) is 9.84 Å². The standard InChI is InChI=1S/C17H31NO8/c1-9(2)12(20)7-13(21)10(18-17(24)25)8-26-14-6-4-3-5-11(19)15(22)16(14)23/h3-4,9-16,18-23H,5-8H2,1-2H3,(H,24,25)/b4-3-. The lowest BCUT2D eigenvalue weighted by atomic mass is 9.95. The molecule has 7 N–H and O–H groups in total. The molecule has 0 aromatic carbocycles. The zero-order chi connectivity index (χ0) is 19.9. The maximum Gasteiger partial charge on any atom is 0.405 e. The number of ether oxygens (including phenoxy) is 1. The molecule has 1 rings (SSSR count). The predicted molar refractivity (Wildman–Crippen MR) is 92.6 cm³/mol. The highest BCUT2D eigenvalue weighted by Gasteiger charge is 2.34. The molecule has 0 fully saturated rings. The SMILES string of the molecule is CC(C)C(O)CC(O)C(COC1C/C=C\CC(O)C(O)C1O)NC(=O)O. The number of carboxylic acid groups (broad SMARTS) is 1. The van der Waals surface area contributed by atoms with Gasteiger partial charge in [0.1, 0.15) is 12.2 Å². The van der Waals surface area contributed by atoms with Gasteiger partial charge in [0.2, 0.25) is 0 Å². The van der Waals surface area contributed by atoms with Gasteiger partial charge in [0.05, 0.1) is 37.1 Å². The lowest BCUT2D eigenvalue weighted by Gasteiger charge is -2.32. The zero-order valence-electron chi connectivity index (χ0n) is 15.1. The van der Waals surface area contributed by atoms with Gasteiger partial charge in [0.25, 0.3) is 0 Å². The van der Waals surface area contributed by atoms with Crippen molar-refractivity contribution in [1.82, 2.24) is 5.32 Å². The van der Waals surface area contributed by atoms with Crippen LogP contribution in [-0.2, 0) is 4.74 Å². The second-order valence-electron chi connectivity index (χ2n) is 7.03. The Bertz CT molecular complexity index is 458. The third-order valence-corrected chi connectivity index (χ3v) is 4.55. The Kier molecular flexibility index (Phi) is 9.48. The van der Waals surface area contributed by atoms with Crippen molar-refractivity contribution in [2.45, 2.75) is 75.8 Å². The van der Waals surface area contributed by atoms with E-state index in [-0.39, 0.29) is 31.8 Å². The van der Waals surface area contributed by atoms with Gasteiger partial charge in [0, 0.05) is 6.42 Å². The van der Waals surface area contributed by atoms with Crippen LogP contribution in [0.4, 0.5) is 4.79 Å². The van der Waals surface area contributed by atoms with Crippen LogP contribution in [-0.4, -0.2) is 86.0 Å². The summed E-state index contributed by atoms with van der Waals surface area (Å²) in [5.74, 6) is -0.106. The number of hydrogen-bond donors (Lipinski definition) is 7. The summed E-state index contributed by atoms with van der Waals surface area (Å²) in [7, 11) is 0. The van der Waals surface area contributed by atoms with Crippen LogP contribution in [0, 0.1) is 5.92 Å². The van der Waals surface area contributed by atoms with Gasteiger partial charge < -0.3 is 40.7 Å². The molecule has 1 aliphatic carbocycles. The van der Waals surface area contributed by atoms with Crippen molar-refractivity contribution in [2.24, 2.45) is 5.92 Å². The van der Waals surface area contributed by atoms with E-state index in [1.54, 1.807) is 26.0 Å². The maximum absolute atomic E-state index is 11.0. The fourth-order valence-electron chi connectivity index (χ4n) is 2.68. The van der Waals surface area contributed by atoms with E-state index in [0.29, 0.717) is 0 Å². The van der Waals surface area contributed by atoms with Gasteiger partial charge in [0.15, 0.2) is 0 Å². The lowest BCUT2D eigenvalue weighted by molar-refractivity contribution is -0.129. The molecule has 0 saturated heterocycles. The van der Waals surface area contributed by atoms with Crippen molar-refractivity contribution in [1.29, 1.82) is 0 Å². The van der Waals surface area contributed by atoms with Crippen LogP contribution in [0.25, 0.3) is 0 Å². The van der Waals surface area contributed by atoms with Crippen LogP contribution in [0.2, 0.25) is 0 Å². The molecule has 152 valence electrons. The summed E-state index contributed by atoms with van der Waals surface area (Å²) >= 11 is 0. The van der Waals surface area contributed by atoms with Crippen molar-refractivity contribution >= 4 is 6.09 Å².